The molecule has 3 rings (SSSR count). The van der Waals surface area contributed by atoms with Gasteiger partial charge in [-0.15, -0.1) is 24.0 Å². The fourth-order valence-electron chi connectivity index (χ4n) is 2.09. The molecular weight excluding hydrogens is 391 g/mol. The first-order chi connectivity index (χ1) is 10.3. The molecular formula is C15H21IN6. The highest BCUT2D eigenvalue weighted by atomic mass is 127. The number of aryl methyl sites for hydroxylation is 1. The molecule has 6 nitrogen and oxygen atoms in total. The topological polar surface area (TPSA) is 67.1 Å². The quantitative estimate of drug-likeness (QED) is 0.458. The lowest BCUT2D eigenvalue weighted by atomic mass is 10.3. The molecule has 118 valence electrons. The minimum absolute atomic E-state index is 0. The fraction of sp³-hybridized carbons (Fsp3) is 0.400. The van der Waals surface area contributed by atoms with Crippen molar-refractivity contribution in [2.45, 2.75) is 32.4 Å². The van der Waals surface area contributed by atoms with Crippen LogP contribution in [0.3, 0.4) is 0 Å². The zero-order valence-electron chi connectivity index (χ0n) is 12.8. The van der Waals surface area contributed by atoms with E-state index in [0.717, 1.165) is 23.2 Å². The van der Waals surface area contributed by atoms with Gasteiger partial charge in [-0.05, 0) is 31.4 Å². The molecule has 0 unspecified atom stereocenters. The van der Waals surface area contributed by atoms with E-state index in [1.165, 1.54) is 12.8 Å². The maximum atomic E-state index is 4.48. The van der Waals surface area contributed by atoms with E-state index in [-0.39, 0.29) is 24.0 Å². The van der Waals surface area contributed by atoms with Crippen LogP contribution >= 0.6 is 24.0 Å². The Morgan fingerprint density at radius 3 is 2.73 bits per heavy atom. The van der Waals surface area contributed by atoms with Gasteiger partial charge in [0.2, 0.25) is 0 Å². The Labute approximate surface area is 147 Å². The third-order valence-electron chi connectivity index (χ3n) is 3.48. The van der Waals surface area contributed by atoms with Gasteiger partial charge in [-0.25, -0.2) is 9.97 Å². The van der Waals surface area contributed by atoms with Gasteiger partial charge in [0.05, 0.1) is 0 Å². The molecule has 0 spiro atoms. The van der Waals surface area contributed by atoms with Crippen molar-refractivity contribution in [2.24, 2.45) is 4.99 Å². The summed E-state index contributed by atoms with van der Waals surface area (Å²) in [5, 5.41) is 6.66. The summed E-state index contributed by atoms with van der Waals surface area (Å²) in [4.78, 5) is 12.9. The largest absolute Gasteiger partial charge is 0.354 e. The summed E-state index contributed by atoms with van der Waals surface area (Å²) >= 11 is 0. The van der Waals surface area contributed by atoms with Gasteiger partial charge in [-0.3, -0.25) is 9.56 Å². The lowest BCUT2D eigenvalue weighted by molar-refractivity contribution is 0.801. The van der Waals surface area contributed by atoms with Crippen LogP contribution in [0.2, 0.25) is 0 Å². The molecule has 1 fully saturated rings. The molecule has 0 aromatic carbocycles. The van der Waals surface area contributed by atoms with Gasteiger partial charge in [0.15, 0.2) is 5.96 Å². The average Bonchev–Trinajstić information content (AvgIpc) is 3.23. The van der Waals surface area contributed by atoms with Crippen LogP contribution < -0.4 is 10.6 Å². The van der Waals surface area contributed by atoms with E-state index in [1.54, 1.807) is 13.2 Å². The molecule has 2 aromatic heterocycles. The zero-order valence-corrected chi connectivity index (χ0v) is 15.1. The molecule has 0 radical (unpaired) electrons. The van der Waals surface area contributed by atoms with Crippen LogP contribution in [0.5, 0.6) is 0 Å². The number of nitrogens with zero attached hydrogens (tertiary/aromatic N) is 4. The molecule has 0 aliphatic heterocycles. The zero-order chi connectivity index (χ0) is 14.7. The first-order valence-electron chi connectivity index (χ1n) is 7.18. The molecule has 0 bridgehead atoms. The minimum Gasteiger partial charge on any atom is -0.354 e. The number of imidazole rings is 1. The van der Waals surface area contributed by atoms with E-state index in [0.29, 0.717) is 12.6 Å². The Balaban J connectivity index is 0.00000176. The second-order valence-electron chi connectivity index (χ2n) is 5.21. The number of rotatable bonds is 4. The van der Waals surface area contributed by atoms with Gasteiger partial charge in [-0.2, -0.15) is 0 Å². The van der Waals surface area contributed by atoms with Crippen LogP contribution in [-0.2, 0) is 6.54 Å². The maximum Gasteiger partial charge on any atom is 0.191 e. The highest BCUT2D eigenvalue weighted by molar-refractivity contribution is 14.0. The molecule has 1 saturated carbocycles. The highest BCUT2D eigenvalue weighted by Gasteiger charge is 2.21. The summed E-state index contributed by atoms with van der Waals surface area (Å²) in [7, 11) is 1.79. The second-order valence-corrected chi connectivity index (χ2v) is 5.21. The Bertz CT molecular complexity index is 630. The normalized spacial score (nSPS) is 14.4. The molecule has 1 aliphatic carbocycles. The van der Waals surface area contributed by atoms with Crippen LogP contribution in [0.1, 0.15) is 24.2 Å². The van der Waals surface area contributed by atoms with Crippen LogP contribution in [0.15, 0.2) is 35.7 Å². The Kier molecular flexibility index (Phi) is 5.76. The predicted molar refractivity (Wildman–Crippen MR) is 97.9 cm³/mol. The van der Waals surface area contributed by atoms with E-state index < -0.39 is 0 Å². The smallest absolute Gasteiger partial charge is 0.191 e. The maximum absolute atomic E-state index is 4.48. The fourth-order valence-corrected chi connectivity index (χ4v) is 2.09. The number of hydrogen-bond donors (Lipinski definition) is 2. The van der Waals surface area contributed by atoms with Crippen LogP contribution in [0.4, 0.5) is 0 Å². The number of hydrogen-bond acceptors (Lipinski definition) is 3. The number of nitrogens with one attached hydrogen (secondary N) is 2. The molecule has 2 N–H and O–H groups in total. The second kappa shape index (κ2) is 7.57. The van der Waals surface area contributed by atoms with Gasteiger partial charge < -0.3 is 10.6 Å². The van der Waals surface area contributed by atoms with Gasteiger partial charge in [-0.1, -0.05) is 6.07 Å². The third-order valence-corrected chi connectivity index (χ3v) is 3.48. The molecule has 22 heavy (non-hydrogen) atoms. The Morgan fingerprint density at radius 2 is 2.18 bits per heavy atom. The van der Waals surface area contributed by atoms with E-state index >= 15 is 0 Å². The lowest BCUT2D eigenvalue weighted by Gasteiger charge is -2.11. The molecule has 0 atom stereocenters. The van der Waals surface area contributed by atoms with Crippen molar-refractivity contribution in [1.82, 2.24) is 25.2 Å². The highest BCUT2D eigenvalue weighted by Crippen LogP contribution is 2.18. The van der Waals surface area contributed by atoms with Crippen molar-refractivity contribution in [3.63, 3.8) is 0 Å². The van der Waals surface area contributed by atoms with Gasteiger partial charge >= 0.3 is 0 Å². The predicted octanol–water partition coefficient (Wildman–Crippen LogP) is 2.02. The first-order valence-corrected chi connectivity index (χ1v) is 7.18. The number of pyridine rings is 1. The van der Waals surface area contributed by atoms with Crippen LogP contribution in [0, 0.1) is 6.92 Å². The van der Waals surface area contributed by atoms with Crippen LogP contribution in [-0.4, -0.2) is 33.6 Å². The SMILES string of the molecule is CN=C(NCc1ccc(-n2ccnc2C)nc1)NC1CC1.I. The molecule has 2 heterocycles. The number of guanidine groups is 1. The van der Waals surface area contributed by atoms with Gasteiger partial charge in [0, 0.05) is 38.2 Å². The molecule has 2 aromatic rings. The van der Waals surface area contributed by atoms with Crippen molar-refractivity contribution < 1.29 is 0 Å². The standard InChI is InChI=1S/C15H20N6.HI/c1-11-17-7-8-21(11)14-6-3-12(9-18-14)10-19-15(16-2)20-13-4-5-13;/h3,6-9,13H,4-5,10H2,1-2H3,(H2,16,19,20);1H. The van der Waals surface area contributed by atoms with Crippen molar-refractivity contribution >= 4 is 29.9 Å². The summed E-state index contributed by atoms with van der Waals surface area (Å²) < 4.78 is 1.96. The Morgan fingerprint density at radius 1 is 1.36 bits per heavy atom. The van der Waals surface area contributed by atoms with Crippen molar-refractivity contribution in [2.75, 3.05) is 7.05 Å². The van der Waals surface area contributed by atoms with Gasteiger partial charge in [0.25, 0.3) is 0 Å². The molecule has 0 amide bonds. The summed E-state index contributed by atoms with van der Waals surface area (Å²) in [5.74, 6) is 2.67. The average molecular weight is 412 g/mol. The molecule has 7 heteroatoms. The van der Waals surface area contributed by atoms with E-state index in [4.69, 9.17) is 0 Å². The summed E-state index contributed by atoms with van der Waals surface area (Å²) in [6, 6.07) is 4.67. The van der Waals surface area contributed by atoms with E-state index in [2.05, 4.69) is 31.7 Å². The van der Waals surface area contributed by atoms with Crippen molar-refractivity contribution in [3.05, 3.63) is 42.1 Å². The minimum atomic E-state index is 0. The van der Waals surface area contributed by atoms with E-state index in [9.17, 15) is 0 Å². The summed E-state index contributed by atoms with van der Waals surface area (Å²) in [6.07, 6.45) is 8.05. The van der Waals surface area contributed by atoms with Crippen LogP contribution in [0.25, 0.3) is 5.82 Å². The Hall–Kier alpha value is -1.64. The summed E-state index contributed by atoms with van der Waals surface area (Å²) in [5.41, 5.74) is 1.12. The number of aliphatic imine (C=N–C) groups is 1. The third kappa shape index (κ3) is 4.19. The molecule has 0 saturated heterocycles. The van der Waals surface area contributed by atoms with Crippen molar-refractivity contribution in [1.29, 1.82) is 0 Å². The van der Waals surface area contributed by atoms with E-state index in [1.807, 2.05) is 30.0 Å². The lowest BCUT2D eigenvalue weighted by Crippen LogP contribution is -2.38. The first kappa shape index (κ1) is 16.7. The number of aromatic nitrogens is 3. The number of halogens is 1. The van der Waals surface area contributed by atoms with Crippen molar-refractivity contribution in [3.8, 4) is 5.82 Å². The molecule has 1 aliphatic rings. The summed E-state index contributed by atoms with van der Waals surface area (Å²) in [6.45, 7) is 2.67. The monoisotopic (exact) mass is 412 g/mol. The van der Waals surface area contributed by atoms with Gasteiger partial charge in [0.1, 0.15) is 11.6 Å².